The molecule has 34 heavy (non-hydrogen) atoms. The van der Waals surface area contributed by atoms with Gasteiger partial charge in [0, 0.05) is 17.4 Å². The first-order valence-electron chi connectivity index (χ1n) is 12.8. The molecule has 1 unspecified atom stereocenters. The van der Waals surface area contributed by atoms with E-state index in [4.69, 9.17) is 0 Å². The van der Waals surface area contributed by atoms with Gasteiger partial charge in [0.1, 0.15) is 6.04 Å². The van der Waals surface area contributed by atoms with Gasteiger partial charge in [-0.2, -0.15) is 0 Å². The molecule has 1 saturated heterocycles. The lowest BCUT2D eigenvalue weighted by atomic mass is 9.95. The van der Waals surface area contributed by atoms with Gasteiger partial charge in [0.2, 0.25) is 11.8 Å². The second-order valence-electron chi connectivity index (χ2n) is 9.53. The van der Waals surface area contributed by atoms with E-state index in [0.717, 1.165) is 41.0 Å². The van der Waals surface area contributed by atoms with E-state index in [0.29, 0.717) is 11.1 Å². The van der Waals surface area contributed by atoms with Crippen LogP contribution in [-0.4, -0.2) is 52.9 Å². The molecule has 8 heteroatoms. The Morgan fingerprint density at radius 1 is 0.912 bits per heavy atom. The standard InChI is InChI=1S/C26H35N3O4S/c30-22-15-14-20(24(31)28-22)29-25(32)19-12-9-13-21(23(19)26(29)33)34-17-8-3-1-2-7-16-27-18-10-5-4-6-11-18/h9,12-13,18,20,27H,1-8,10-11,14-17H2,(H,28,30,31). The summed E-state index contributed by atoms with van der Waals surface area (Å²) in [6.07, 6.45) is 13.0. The molecule has 0 bridgehead atoms. The maximum atomic E-state index is 13.1. The highest BCUT2D eigenvalue weighted by Gasteiger charge is 2.45. The molecule has 1 aromatic carbocycles. The summed E-state index contributed by atoms with van der Waals surface area (Å²) in [5, 5.41) is 5.94. The molecule has 2 N–H and O–H groups in total. The zero-order valence-electron chi connectivity index (χ0n) is 19.8. The molecule has 184 valence electrons. The van der Waals surface area contributed by atoms with E-state index in [-0.39, 0.29) is 18.7 Å². The molecule has 1 atom stereocenters. The van der Waals surface area contributed by atoms with Crippen molar-refractivity contribution >= 4 is 35.4 Å². The zero-order chi connectivity index (χ0) is 23.9. The first kappa shape index (κ1) is 24.9. The van der Waals surface area contributed by atoms with Crippen LogP contribution in [0, 0.1) is 0 Å². The Labute approximate surface area is 205 Å². The number of piperidine rings is 1. The Morgan fingerprint density at radius 2 is 1.68 bits per heavy atom. The fraction of sp³-hybridized carbons (Fsp3) is 0.615. The number of nitrogens with zero attached hydrogens (tertiary/aromatic N) is 1. The van der Waals surface area contributed by atoms with Crippen LogP contribution in [0.15, 0.2) is 23.1 Å². The van der Waals surface area contributed by atoms with Crippen LogP contribution in [0.1, 0.15) is 97.8 Å². The number of unbranched alkanes of at least 4 members (excludes halogenated alkanes) is 4. The van der Waals surface area contributed by atoms with Gasteiger partial charge in [-0.1, -0.05) is 44.6 Å². The van der Waals surface area contributed by atoms with Crippen LogP contribution in [0.3, 0.4) is 0 Å². The monoisotopic (exact) mass is 485 g/mol. The lowest BCUT2D eigenvalue weighted by molar-refractivity contribution is -0.136. The molecule has 2 heterocycles. The molecule has 0 radical (unpaired) electrons. The number of amides is 4. The maximum absolute atomic E-state index is 13.1. The minimum atomic E-state index is -0.921. The zero-order valence-corrected chi connectivity index (χ0v) is 20.6. The molecule has 3 aliphatic rings. The van der Waals surface area contributed by atoms with Gasteiger partial charge in [0.05, 0.1) is 11.1 Å². The van der Waals surface area contributed by atoms with Crippen molar-refractivity contribution in [3.8, 4) is 0 Å². The van der Waals surface area contributed by atoms with Gasteiger partial charge in [-0.3, -0.25) is 29.4 Å². The third-order valence-corrected chi connectivity index (χ3v) is 8.19. The van der Waals surface area contributed by atoms with Crippen LogP contribution in [-0.2, 0) is 9.59 Å². The summed E-state index contributed by atoms with van der Waals surface area (Å²) >= 11 is 1.60. The molecular formula is C26H35N3O4S. The first-order chi connectivity index (χ1) is 16.6. The molecule has 1 saturated carbocycles. The van der Waals surface area contributed by atoms with Crippen molar-refractivity contribution in [1.82, 2.24) is 15.5 Å². The molecular weight excluding hydrogens is 450 g/mol. The molecule has 0 spiro atoms. The Hall–Kier alpha value is -2.19. The van der Waals surface area contributed by atoms with Crippen LogP contribution < -0.4 is 10.6 Å². The van der Waals surface area contributed by atoms with Gasteiger partial charge in [0.25, 0.3) is 11.8 Å². The number of imide groups is 2. The van der Waals surface area contributed by atoms with Gasteiger partial charge in [-0.25, -0.2) is 0 Å². The molecule has 1 aliphatic carbocycles. The molecule has 1 aromatic rings. The summed E-state index contributed by atoms with van der Waals surface area (Å²) in [6.45, 7) is 1.12. The number of hydrogen-bond donors (Lipinski definition) is 2. The number of thioether (sulfide) groups is 1. The highest BCUT2D eigenvalue weighted by Crippen LogP contribution is 2.34. The third-order valence-electron chi connectivity index (χ3n) is 7.05. The van der Waals surface area contributed by atoms with Crippen molar-refractivity contribution in [2.75, 3.05) is 12.3 Å². The van der Waals surface area contributed by atoms with E-state index >= 15 is 0 Å². The van der Waals surface area contributed by atoms with E-state index < -0.39 is 23.8 Å². The number of fused-ring (bicyclic) bond motifs is 1. The number of rotatable bonds is 11. The summed E-state index contributed by atoms with van der Waals surface area (Å²) in [5.41, 5.74) is 0.751. The summed E-state index contributed by atoms with van der Waals surface area (Å²) < 4.78 is 0. The van der Waals surface area contributed by atoms with E-state index in [9.17, 15) is 19.2 Å². The predicted octanol–water partition coefficient (Wildman–Crippen LogP) is 4.05. The smallest absolute Gasteiger partial charge is 0.263 e. The molecule has 4 amide bonds. The second-order valence-corrected chi connectivity index (χ2v) is 10.7. The normalized spacial score (nSPS) is 21.2. The fourth-order valence-electron chi connectivity index (χ4n) is 5.16. The highest BCUT2D eigenvalue weighted by molar-refractivity contribution is 7.99. The van der Waals surface area contributed by atoms with E-state index in [1.54, 1.807) is 23.9 Å². The van der Waals surface area contributed by atoms with Gasteiger partial charge < -0.3 is 5.32 Å². The number of carbonyl (C=O) groups excluding carboxylic acids is 4. The van der Waals surface area contributed by atoms with Crippen molar-refractivity contribution in [2.45, 2.75) is 94.0 Å². The molecule has 4 rings (SSSR count). The number of carbonyl (C=O) groups is 4. The van der Waals surface area contributed by atoms with Gasteiger partial charge in [0.15, 0.2) is 0 Å². The Morgan fingerprint density at radius 3 is 2.47 bits per heavy atom. The highest BCUT2D eigenvalue weighted by atomic mass is 32.2. The van der Waals surface area contributed by atoms with Crippen LogP contribution in [0.4, 0.5) is 0 Å². The van der Waals surface area contributed by atoms with Gasteiger partial charge in [-0.15, -0.1) is 11.8 Å². The van der Waals surface area contributed by atoms with E-state index in [1.165, 1.54) is 51.4 Å². The fourth-order valence-corrected chi connectivity index (χ4v) is 6.24. The quantitative estimate of drug-likeness (QED) is 0.279. The van der Waals surface area contributed by atoms with Crippen molar-refractivity contribution in [3.05, 3.63) is 29.3 Å². The summed E-state index contributed by atoms with van der Waals surface area (Å²) in [4.78, 5) is 51.6. The topological polar surface area (TPSA) is 95.6 Å². The second kappa shape index (κ2) is 12.0. The van der Waals surface area contributed by atoms with Crippen LogP contribution >= 0.6 is 11.8 Å². The predicted molar refractivity (Wildman–Crippen MR) is 132 cm³/mol. The number of nitrogens with one attached hydrogen (secondary N) is 2. The van der Waals surface area contributed by atoms with E-state index in [2.05, 4.69) is 10.6 Å². The van der Waals surface area contributed by atoms with Crippen LogP contribution in [0.25, 0.3) is 0 Å². The third kappa shape index (κ3) is 5.89. The van der Waals surface area contributed by atoms with Crippen molar-refractivity contribution in [1.29, 1.82) is 0 Å². The Bertz CT molecular complexity index is 929. The minimum absolute atomic E-state index is 0.127. The van der Waals surface area contributed by atoms with Crippen molar-refractivity contribution in [3.63, 3.8) is 0 Å². The summed E-state index contributed by atoms with van der Waals surface area (Å²) in [6, 6.07) is 5.13. The maximum Gasteiger partial charge on any atom is 0.263 e. The van der Waals surface area contributed by atoms with Crippen molar-refractivity contribution < 1.29 is 19.2 Å². The number of hydrogen-bond acceptors (Lipinski definition) is 6. The largest absolute Gasteiger partial charge is 0.314 e. The summed E-state index contributed by atoms with van der Waals surface area (Å²) in [5.74, 6) is -0.929. The van der Waals surface area contributed by atoms with Gasteiger partial charge >= 0.3 is 0 Å². The van der Waals surface area contributed by atoms with Crippen molar-refractivity contribution in [2.24, 2.45) is 0 Å². The average Bonchev–Trinajstić information content (AvgIpc) is 3.09. The molecule has 0 aromatic heterocycles. The lowest BCUT2D eigenvalue weighted by Crippen LogP contribution is -2.54. The molecule has 2 fully saturated rings. The average molecular weight is 486 g/mol. The Balaban J connectivity index is 1.20. The van der Waals surface area contributed by atoms with Crippen LogP contribution in [0.5, 0.6) is 0 Å². The Kier molecular flexibility index (Phi) is 8.78. The molecule has 2 aliphatic heterocycles. The van der Waals surface area contributed by atoms with E-state index in [1.807, 2.05) is 6.07 Å². The number of benzene rings is 1. The first-order valence-corrected chi connectivity index (χ1v) is 13.8. The molecule has 7 nitrogen and oxygen atoms in total. The minimum Gasteiger partial charge on any atom is -0.314 e. The van der Waals surface area contributed by atoms with Gasteiger partial charge in [-0.05, 0) is 56.5 Å². The SMILES string of the molecule is O=C1CCC(N2C(=O)c3cccc(SCCCCCCCNC4CCCCC4)c3C2=O)C(=O)N1. The van der Waals surface area contributed by atoms with Crippen LogP contribution in [0.2, 0.25) is 0 Å². The lowest BCUT2D eigenvalue weighted by Gasteiger charge is -2.27. The summed E-state index contributed by atoms with van der Waals surface area (Å²) in [7, 11) is 0.